The summed E-state index contributed by atoms with van der Waals surface area (Å²) in [6, 6.07) is 16.2. The Labute approximate surface area is 190 Å². The van der Waals surface area contributed by atoms with Gasteiger partial charge in [0.15, 0.2) is 0 Å². The van der Waals surface area contributed by atoms with E-state index < -0.39 is 0 Å². The molecule has 0 aromatic heterocycles. The lowest BCUT2D eigenvalue weighted by molar-refractivity contribution is 0.269. The lowest BCUT2D eigenvalue weighted by Gasteiger charge is -2.15. The van der Waals surface area contributed by atoms with Crippen LogP contribution in [0.2, 0.25) is 0 Å². The topological polar surface area (TPSA) is 98.7 Å². The van der Waals surface area contributed by atoms with Gasteiger partial charge in [0.2, 0.25) is 0 Å². The van der Waals surface area contributed by atoms with Crippen molar-refractivity contribution in [1.82, 2.24) is 0 Å². The molecule has 0 atom stereocenters. The van der Waals surface area contributed by atoms with Crippen molar-refractivity contribution < 1.29 is 19.8 Å². The lowest BCUT2D eigenvalue weighted by atomic mass is 10.1. The first-order valence-corrected chi connectivity index (χ1v) is 11.1. The molecule has 0 heterocycles. The molecule has 0 saturated heterocycles. The quantitative estimate of drug-likeness (QED) is 0.291. The minimum Gasteiger partial charge on any atom is -0.508 e. The number of thioether (sulfide) groups is 2. The van der Waals surface area contributed by atoms with Crippen LogP contribution in [-0.4, -0.2) is 20.7 Å². The molecule has 9 heteroatoms. The van der Waals surface area contributed by atoms with E-state index in [2.05, 4.69) is 26.6 Å². The summed E-state index contributed by atoms with van der Waals surface area (Å²) in [5, 5.41) is 23.8. The summed E-state index contributed by atoms with van der Waals surface area (Å²) >= 11 is 5.42. The van der Waals surface area contributed by atoms with Crippen LogP contribution in [0.1, 0.15) is 5.56 Å². The molecule has 0 saturated carbocycles. The van der Waals surface area contributed by atoms with E-state index in [-0.39, 0.29) is 22.0 Å². The van der Waals surface area contributed by atoms with Gasteiger partial charge < -0.3 is 20.8 Å². The van der Waals surface area contributed by atoms with Crippen molar-refractivity contribution in [1.29, 1.82) is 0 Å². The van der Waals surface area contributed by atoms with Crippen molar-refractivity contribution in [2.75, 3.05) is 10.6 Å². The molecule has 30 heavy (non-hydrogen) atoms. The number of aromatic hydroxyl groups is 2. The summed E-state index contributed by atoms with van der Waals surface area (Å²) in [6.45, 7) is 1.80. The third kappa shape index (κ3) is 5.94. The molecule has 6 nitrogen and oxygen atoms in total. The summed E-state index contributed by atoms with van der Waals surface area (Å²) in [7, 11) is 0. The van der Waals surface area contributed by atoms with E-state index in [0.717, 1.165) is 23.5 Å². The van der Waals surface area contributed by atoms with Gasteiger partial charge in [0.05, 0.1) is 5.69 Å². The first kappa shape index (κ1) is 22.1. The Balaban J connectivity index is 1.69. The fourth-order valence-electron chi connectivity index (χ4n) is 2.47. The zero-order chi connectivity index (χ0) is 21.7. The maximum atomic E-state index is 12.4. The number of halogens is 1. The zero-order valence-electron chi connectivity index (χ0n) is 15.7. The first-order chi connectivity index (χ1) is 14.3. The number of carbonyl (C=O) groups is 2. The Hall–Kier alpha value is -2.62. The van der Waals surface area contributed by atoms with Crippen LogP contribution < -0.4 is 10.6 Å². The molecule has 0 radical (unpaired) electrons. The number of hydrogen-bond donors (Lipinski definition) is 4. The number of amides is 2. The van der Waals surface area contributed by atoms with Crippen LogP contribution in [0.3, 0.4) is 0 Å². The molecule has 2 amide bonds. The van der Waals surface area contributed by atoms with Gasteiger partial charge in [-0.05, 0) is 113 Å². The van der Waals surface area contributed by atoms with Crippen LogP contribution in [0.15, 0.2) is 74.9 Å². The molecule has 0 aliphatic rings. The Morgan fingerprint density at radius 2 is 1.23 bits per heavy atom. The Kier molecular flexibility index (Phi) is 7.30. The van der Waals surface area contributed by atoms with Gasteiger partial charge in [-0.25, -0.2) is 0 Å². The van der Waals surface area contributed by atoms with Crippen LogP contribution in [-0.2, 0) is 0 Å². The zero-order valence-corrected chi connectivity index (χ0v) is 18.9. The number of hydrogen-bond acceptors (Lipinski definition) is 6. The van der Waals surface area contributed by atoms with E-state index in [4.69, 9.17) is 0 Å². The average Bonchev–Trinajstić information content (AvgIpc) is 2.71. The van der Waals surface area contributed by atoms with Gasteiger partial charge in [0.25, 0.3) is 10.5 Å². The smallest absolute Gasteiger partial charge is 0.288 e. The predicted octanol–water partition coefficient (Wildman–Crippen LogP) is 6.82. The van der Waals surface area contributed by atoms with E-state index >= 15 is 0 Å². The summed E-state index contributed by atoms with van der Waals surface area (Å²) in [5.74, 6) is 0.265. The Bertz CT molecular complexity index is 1070. The highest BCUT2D eigenvalue weighted by Crippen LogP contribution is 2.34. The van der Waals surface area contributed by atoms with Crippen molar-refractivity contribution in [3.63, 3.8) is 0 Å². The van der Waals surface area contributed by atoms with E-state index in [1.807, 2.05) is 0 Å². The minimum atomic E-state index is -0.300. The van der Waals surface area contributed by atoms with Gasteiger partial charge in [0, 0.05) is 20.0 Å². The molecular weight excluding hydrogens is 488 g/mol. The van der Waals surface area contributed by atoms with Crippen LogP contribution in [0.4, 0.5) is 21.0 Å². The molecule has 4 N–H and O–H groups in total. The third-order valence-corrected chi connectivity index (χ3v) is 6.22. The second-order valence-corrected chi connectivity index (χ2v) is 9.06. The fraction of sp³-hybridized carbons (Fsp3) is 0.0476. The van der Waals surface area contributed by atoms with E-state index in [1.54, 1.807) is 43.3 Å². The largest absolute Gasteiger partial charge is 0.508 e. The number of carbonyl (C=O) groups excluding carboxylic acids is 2. The fourth-order valence-corrected chi connectivity index (χ4v) is 4.29. The number of rotatable bonds is 4. The molecule has 3 aromatic rings. The van der Waals surface area contributed by atoms with Gasteiger partial charge in [-0.1, -0.05) is 0 Å². The molecule has 0 spiro atoms. The average molecular weight is 505 g/mol. The summed E-state index contributed by atoms with van der Waals surface area (Å²) in [4.78, 5) is 26.2. The number of phenolic OH excluding ortho intramolecular Hbond substituents is 2. The van der Waals surface area contributed by atoms with Crippen LogP contribution in [0, 0.1) is 6.92 Å². The molecule has 3 rings (SSSR count). The van der Waals surface area contributed by atoms with E-state index in [0.29, 0.717) is 31.2 Å². The molecule has 0 fully saturated rings. The molecule has 0 aliphatic heterocycles. The molecular formula is C21H17BrN2O4S2. The highest BCUT2D eigenvalue weighted by atomic mass is 79.9. The van der Waals surface area contributed by atoms with Crippen molar-refractivity contribution in [3.05, 3.63) is 70.7 Å². The second kappa shape index (κ2) is 9.92. The first-order valence-electron chi connectivity index (χ1n) is 8.66. The van der Waals surface area contributed by atoms with Gasteiger partial charge in [-0.2, -0.15) is 0 Å². The van der Waals surface area contributed by atoms with Crippen LogP contribution in [0.5, 0.6) is 11.5 Å². The van der Waals surface area contributed by atoms with Crippen molar-refractivity contribution >= 4 is 61.3 Å². The van der Waals surface area contributed by atoms with E-state index in [9.17, 15) is 19.8 Å². The minimum absolute atomic E-state index is 0.131. The monoisotopic (exact) mass is 504 g/mol. The standard InChI is InChI=1S/C21H17BrN2O4S2/c1-12-18(23-20(27)29-15-6-2-13(25)3-7-15)11-10-17(22)19(12)24-21(28)30-16-8-4-14(26)5-9-16/h2-11,25-26H,1H3,(H,23,27)(H,24,28). The summed E-state index contributed by atoms with van der Waals surface area (Å²) in [5.41, 5.74) is 1.82. The molecule has 0 aliphatic carbocycles. The second-order valence-electron chi connectivity index (χ2n) is 6.11. The van der Waals surface area contributed by atoms with Crippen LogP contribution in [0.25, 0.3) is 0 Å². The number of benzene rings is 3. The Morgan fingerprint density at radius 3 is 1.73 bits per heavy atom. The molecule has 0 bridgehead atoms. The molecule has 3 aromatic carbocycles. The van der Waals surface area contributed by atoms with Crippen molar-refractivity contribution in [2.24, 2.45) is 0 Å². The maximum absolute atomic E-state index is 12.4. The van der Waals surface area contributed by atoms with Gasteiger partial charge >= 0.3 is 0 Å². The highest BCUT2D eigenvalue weighted by Gasteiger charge is 2.15. The van der Waals surface area contributed by atoms with Gasteiger partial charge in [0.1, 0.15) is 11.5 Å². The summed E-state index contributed by atoms with van der Waals surface area (Å²) < 4.78 is 0.684. The van der Waals surface area contributed by atoms with E-state index in [1.165, 1.54) is 24.3 Å². The maximum Gasteiger partial charge on any atom is 0.288 e. The van der Waals surface area contributed by atoms with Gasteiger partial charge in [-0.3, -0.25) is 9.59 Å². The van der Waals surface area contributed by atoms with Gasteiger partial charge in [-0.15, -0.1) is 0 Å². The third-order valence-electron chi connectivity index (χ3n) is 3.97. The lowest BCUT2D eigenvalue weighted by Crippen LogP contribution is -2.10. The molecule has 0 unspecified atom stereocenters. The number of phenols is 2. The number of anilines is 2. The normalized spacial score (nSPS) is 10.5. The highest BCUT2D eigenvalue weighted by molar-refractivity contribution is 9.10. The van der Waals surface area contributed by atoms with Crippen molar-refractivity contribution in [3.8, 4) is 11.5 Å². The Morgan fingerprint density at radius 1 is 0.767 bits per heavy atom. The van der Waals surface area contributed by atoms with Crippen molar-refractivity contribution in [2.45, 2.75) is 16.7 Å². The van der Waals surface area contributed by atoms with Crippen LogP contribution >= 0.6 is 39.5 Å². The summed E-state index contributed by atoms with van der Waals surface area (Å²) in [6.07, 6.45) is 0. The number of nitrogens with one attached hydrogen (secondary N) is 2. The molecule has 154 valence electrons. The SMILES string of the molecule is Cc1c(NC(=O)Sc2ccc(O)cc2)ccc(Br)c1NC(=O)Sc1ccc(O)cc1. The predicted molar refractivity (Wildman–Crippen MR) is 125 cm³/mol.